The van der Waals surface area contributed by atoms with Gasteiger partial charge in [-0.05, 0) is 42.7 Å². The topological polar surface area (TPSA) is 42.0 Å². The molecule has 0 radical (unpaired) electrons. The number of carbonyl (C=O) groups excluding carboxylic acids is 1. The molecule has 5 heteroatoms. The van der Waals surface area contributed by atoms with E-state index >= 15 is 0 Å². The molecule has 0 aromatic heterocycles. The first-order valence-corrected chi connectivity index (χ1v) is 10.3. The minimum Gasteiger partial charge on any atom is -0.382 e. The van der Waals surface area contributed by atoms with Gasteiger partial charge in [0.25, 0.3) is 0 Å². The van der Waals surface area contributed by atoms with E-state index in [1.807, 2.05) is 4.90 Å². The van der Waals surface area contributed by atoms with E-state index in [-0.39, 0.29) is 12.5 Å². The molecular weight excluding hydrogens is 340 g/mol. The molecule has 2 fully saturated rings. The van der Waals surface area contributed by atoms with Gasteiger partial charge in [0.1, 0.15) is 6.61 Å². The van der Waals surface area contributed by atoms with Gasteiger partial charge >= 0.3 is 0 Å². The van der Waals surface area contributed by atoms with Crippen molar-refractivity contribution in [3.63, 3.8) is 0 Å². The molecule has 1 atom stereocenters. The molecule has 3 rings (SSSR count). The van der Waals surface area contributed by atoms with Crippen LogP contribution in [0.3, 0.4) is 0 Å². The number of ether oxygens (including phenoxy) is 2. The van der Waals surface area contributed by atoms with E-state index in [4.69, 9.17) is 9.47 Å². The van der Waals surface area contributed by atoms with E-state index in [0.29, 0.717) is 24.5 Å². The molecule has 0 saturated carbocycles. The Hall–Kier alpha value is -1.43. The predicted molar refractivity (Wildman–Crippen MR) is 107 cm³/mol. The minimum atomic E-state index is 0.115. The molecule has 2 aliphatic rings. The third kappa shape index (κ3) is 5.31. The SMILES string of the molecule is CCN1C[C@H](c2ccccc2)CC2(CCN(C(=O)COCCOC)CC2)C1. The number of carbonyl (C=O) groups is 1. The summed E-state index contributed by atoms with van der Waals surface area (Å²) in [6, 6.07) is 10.9. The maximum Gasteiger partial charge on any atom is 0.248 e. The van der Waals surface area contributed by atoms with Crippen LogP contribution in [0.5, 0.6) is 0 Å². The first-order valence-electron chi connectivity index (χ1n) is 10.3. The van der Waals surface area contributed by atoms with E-state index in [2.05, 4.69) is 42.2 Å². The Bertz CT molecular complexity index is 584. The standard InChI is InChI=1S/C22H34N2O3/c1-3-23-16-20(19-7-5-4-6-8-19)15-22(18-23)9-11-24(12-10-22)21(25)17-27-14-13-26-2/h4-8,20H,3,9-18H2,1-2H3/t20-/m1/s1. The molecule has 0 unspecified atom stereocenters. The van der Waals surface area contributed by atoms with Gasteiger partial charge in [0.15, 0.2) is 0 Å². The van der Waals surface area contributed by atoms with Crippen LogP contribution in [0, 0.1) is 5.41 Å². The Morgan fingerprint density at radius 1 is 1.19 bits per heavy atom. The Balaban J connectivity index is 1.57. The zero-order valence-corrected chi connectivity index (χ0v) is 16.9. The van der Waals surface area contributed by atoms with Crippen molar-refractivity contribution >= 4 is 5.91 Å². The van der Waals surface area contributed by atoms with Crippen LogP contribution in [0.4, 0.5) is 0 Å². The lowest BCUT2D eigenvalue weighted by Gasteiger charge is -2.50. The average Bonchev–Trinajstić information content (AvgIpc) is 2.72. The van der Waals surface area contributed by atoms with Crippen molar-refractivity contribution < 1.29 is 14.3 Å². The average molecular weight is 375 g/mol. The van der Waals surface area contributed by atoms with Gasteiger partial charge in [-0.3, -0.25) is 4.79 Å². The van der Waals surface area contributed by atoms with Gasteiger partial charge in [-0.2, -0.15) is 0 Å². The van der Waals surface area contributed by atoms with Gasteiger partial charge in [-0.1, -0.05) is 37.3 Å². The number of amides is 1. The summed E-state index contributed by atoms with van der Waals surface area (Å²) >= 11 is 0. The number of hydrogen-bond donors (Lipinski definition) is 0. The summed E-state index contributed by atoms with van der Waals surface area (Å²) in [5.41, 5.74) is 1.79. The lowest BCUT2D eigenvalue weighted by atomic mass is 9.68. The largest absolute Gasteiger partial charge is 0.382 e. The van der Waals surface area contributed by atoms with Crippen molar-refractivity contribution in [2.45, 2.75) is 32.1 Å². The van der Waals surface area contributed by atoms with Crippen LogP contribution < -0.4 is 0 Å². The monoisotopic (exact) mass is 374 g/mol. The molecule has 2 saturated heterocycles. The van der Waals surface area contributed by atoms with Crippen molar-refractivity contribution in [3.8, 4) is 0 Å². The summed E-state index contributed by atoms with van der Waals surface area (Å²) in [6.07, 6.45) is 3.42. The highest BCUT2D eigenvalue weighted by Gasteiger charge is 2.42. The van der Waals surface area contributed by atoms with Crippen LogP contribution in [0.1, 0.15) is 37.7 Å². The highest BCUT2D eigenvalue weighted by molar-refractivity contribution is 5.77. The maximum absolute atomic E-state index is 12.4. The lowest BCUT2D eigenvalue weighted by Crippen LogP contribution is -2.52. The molecule has 150 valence electrons. The number of nitrogens with zero attached hydrogens (tertiary/aromatic N) is 2. The zero-order valence-electron chi connectivity index (χ0n) is 16.9. The highest BCUT2D eigenvalue weighted by atomic mass is 16.5. The van der Waals surface area contributed by atoms with Gasteiger partial charge in [0.05, 0.1) is 13.2 Å². The fourth-order valence-corrected chi connectivity index (χ4v) is 4.68. The fraction of sp³-hybridized carbons (Fsp3) is 0.682. The van der Waals surface area contributed by atoms with Crippen LogP contribution in [0.2, 0.25) is 0 Å². The summed E-state index contributed by atoms with van der Waals surface area (Å²) in [5, 5.41) is 0. The van der Waals surface area contributed by atoms with Gasteiger partial charge < -0.3 is 19.3 Å². The number of methoxy groups -OCH3 is 1. The number of rotatable bonds is 7. The number of benzene rings is 1. The molecule has 0 bridgehead atoms. The van der Waals surface area contributed by atoms with Crippen molar-refractivity contribution in [2.24, 2.45) is 5.41 Å². The Morgan fingerprint density at radius 3 is 2.59 bits per heavy atom. The molecule has 1 amide bonds. The smallest absolute Gasteiger partial charge is 0.248 e. The van der Waals surface area contributed by atoms with E-state index in [1.54, 1.807) is 7.11 Å². The second-order valence-corrected chi connectivity index (χ2v) is 8.07. The fourth-order valence-electron chi connectivity index (χ4n) is 4.68. The second kappa shape index (κ2) is 9.67. The molecule has 27 heavy (non-hydrogen) atoms. The lowest BCUT2D eigenvalue weighted by molar-refractivity contribution is -0.139. The summed E-state index contributed by atoms with van der Waals surface area (Å²) in [7, 11) is 1.64. The van der Waals surface area contributed by atoms with Gasteiger partial charge in [-0.25, -0.2) is 0 Å². The first kappa shape index (κ1) is 20.3. The Labute approximate surface area is 163 Å². The highest BCUT2D eigenvalue weighted by Crippen LogP contribution is 2.45. The normalized spacial score (nSPS) is 22.9. The van der Waals surface area contributed by atoms with E-state index in [9.17, 15) is 4.79 Å². The molecule has 1 aromatic carbocycles. The van der Waals surface area contributed by atoms with Gasteiger partial charge in [0, 0.05) is 33.3 Å². The quantitative estimate of drug-likeness (QED) is 0.688. The molecule has 1 spiro atoms. The second-order valence-electron chi connectivity index (χ2n) is 8.07. The van der Waals surface area contributed by atoms with Crippen LogP contribution in [-0.2, 0) is 14.3 Å². The van der Waals surface area contributed by atoms with Crippen LogP contribution in [0.15, 0.2) is 30.3 Å². The predicted octanol–water partition coefficient (Wildman–Crippen LogP) is 2.77. The van der Waals surface area contributed by atoms with Crippen LogP contribution >= 0.6 is 0 Å². The molecule has 0 N–H and O–H groups in total. The van der Waals surface area contributed by atoms with Crippen molar-refractivity contribution in [3.05, 3.63) is 35.9 Å². The van der Waals surface area contributed by atoms with Gasteiger partial charge in [-0.15, -0.1) is 0 Å². The molecular formula is C22H34N2O3. The number of piperidine rings is 2. The summed E-state index contributed by atoms with van der Waals surface area (Å²) in [4.78, 5) is 17.0. The number of likely N-dealkylation sites (N-methyl/N-ethyl adjacent to an activating group) is 1. The molecule has 0 aliphatic carbocycles. The zero-order chi connectivity index (χ0) is 19.1. The summed E-state index contributed by atoms with van der Waals surface area (Å²) in [6.45, 7) is 8.56. The molecule has 2 heterocycles. The first-order chi connectivity index (χ1) is 13.2. The van der Waals surface area contributed by atoms with Crippen LogP contribution in [0.25, 0.3) is 0 Å². The summed E-state index contributed by atoms with van der Waals surface area (Å²) < 4.78 is 10.4. The third-order valence-corrected chi connectivity index (χ3v) is 6.27. The van der Waals surface area contributed by atoms with Crippen molar-refractivity contribution in [1.29, 1.82) is 0 Å². The maximum atomic E-state index is 12.4. The molecule has 1 aromatic rings. The van der Waals surface area contributed by atoms with Gasteiger partial charge in [0.2, 0.25) is 5.91 Å². The Morgan fingerprint density at radius 2 is 1.93 bits per heavy atom. The third-order valence-electron chi connectivity index (χ3n) is 6.27. The molecule has 5 nitrogen and oxygen atoms in total. The summed E-state index contributed by atoms with van der Waals surface area (Å²) in [5.74, 6) is 0.711. The van der Waals surface area contributed by atoms with E-state index in [0.717, 1.165) is 39.0 Å². The van der Waals surface area contributed by atoms with E-state index in [1.165, 1.54) is 18.5 Å². The van der Waals surface area contributed by atoms with Crippen LogP contribution in [-0.4, -0.2) is 75.4 Å². The minimum absolute atomic E-state index is 0.115. The molecule has 2 aliphatic heterocycles. The van der Waals surface area contributed by atoms with E-state index < -0.39 is 0 Å². The Kier molecular flexibility index (Phi) is 7.27. The number of hydrogen-bond acceptors (Lipinski definition) is 4. The van der Waals surface area contributed by atoms with Crippen molar-refractivity contribution in [2.75, 3.05) is 59.7 Å². The van der Waals surface area contributed by atoms with Crippen molar-refractivity contribution in [1.82, 2.24) is 9.80 Å². The number of likely N-dealkylation sites (tertiary alicyclic amines) is 2.